The van der Waals surface area contributed by atoms with E-state index in [1.807, 2.05) is 24.3 Å². The summed E-state index contributed by atoms with van der Waals surface area (Å²) in [7, 11) is -2.12. The third-order valence-corrected chi connectivity index (χ3v) is 6.75. The first-order chi connectivity index (χ1) is 12.0. The van der Waals surface area contributed by atoms with Gasteiger partial charge in [-0.1, -0.05) is 29.8 Å². The molecule has 7 heteroatoms. The molecule has 5 nitrogen and oxygen atoms in total. The number of fused-ring (bicyclic) bond motifs is 3. The van der Waals surface area contributed by atoms with Crippen molar-refractivity contribution < 1.29 is 13.2 Å². The Kier molecular flexibility index (Phi) is 3.98. The number of H-pyrrole nitrogens is 1. The van der Waals surface area contributed by atoms with Gasteiger partial charge in [0.1, 0.15) is 5.75 Å². The van der Waals surface area contributed by atoms with Crippen molar-refractivity contribution in [2.45, 2.75) is 17.9 Å². The van der Waals surface area contributed by atoms with Crippen LogP contribution in [-0.4, -0.2) is 31.4 Å². The maximum atomic E-state index is 13.0. The Labute approximate surface area is 151 Å². The summed E-state index contributed by atoms with van der Waals surface area (Å²) < 4.78 is 32.7. The highest BCUT2D eigenvalue weighted by Crippen LogP contribution is 2.32. The van der Waals surface area contributed by atoms with Gasteiger partial charge in [0.2, 0.25) is 10.0 Å². The van der Waals surface area contributed by atoms with Gasteiger partial charge >= 0.3 is 0 Å². The van der Waals surface area contributed by atoms with Crippen LogP contribution in [0.25, 0.3) is 10.9 Å². The van der Waals surface area contributed by atoms with Gasteiger partial charge < -0.3 is 9.72 Å². The Bertz CT molecular complexity index is 1060. The monoisotopic (exact) mass is 376 g/mol. The van der Waals surface area contributed by atoms with Crippen LogP contribution in [0.1, 0.15) is 11.3 Å². The second kappa shape index (κ2) is 6.05. The fraction of sp³-hybridized carbons (Fsp3) is 0.222. The quantitative estimate of drug-likeness (QED) is 0.760. The molecule has 0 saturated heterocycles. The van der Waals surface area contributed by atoms with Crippen LogP contribution in [0, 0.1) is 0 Å². The molecule has 2 aromatic carbocycles. The lowest BCUT2D eigenvalue weighted by atomic mass is 10.1. The summed E-state index contributed by atoms with van der Waals surface area (Å²) in [5.74, 6) is 0.457. The van der Waals surface area contributed by atoms with E-state index in [0.717, 1.165) is 22.2 Å². The van der Waals surface area contributed by atoms with Gasteiger partial charge in [0, 0.05) is 36.1 Å². The highest BCUT2D eigenvalue weighted by atomic mass is 35.5. The van der Waals surface area contributed by atoms with Crippen LogP contribution in [0.3, 0.4) is 0 Å². The van der Waals surface area contributed by atoms with Crippen LogP contribution < -0.4 is 4.74 Å². The van der Waals surface area contributed by atoms with E-state index in [9.17, 15) is 8.42 Å². The van der Waals surface area contributed by atoms with Gasteiger partial charge in [0.15, 0.2) is 0 Å². The second-order valence-electron chi connectivity index (χ2n) is 6.01. The Morgan fingerprint density at radius 1 is 1.20 bits per heavy atom. The fourth-order valence-electron chi connectivity index (χ4n) is 3.30. The second-order valence-corrected chi connectivity index (χ2v) is 8.36. The number of ether oxygens (including phenoxy) is 1. The van der Waals surface area contributed by atoms with Crippen LogP contribution in [0.2, 0.25) is 5.02 Å². The predicted octanol–water partition coefficient (Wildman–Crippen LogP) is 3.58. The van der Waals surface area contributed by atoms with Gasteiger partial charge in [0.05, 0.1) is 17.0 Å². The van der Waals surface area contributed by atoms with E-state index < -0.39 is 10.0 Å². The molecule has 2 heterocycles. The van der Waals surface area contributed by atoms with E-state index >= 15 is 0 Å². The molecular weight excluding hydrogens is 360 g/mol. The van der Waals surface area contributed by atoms with E-state index in [1.54, 1.807) is 6.07 Å². The minimum atomic E-state index is -3.62. The molecule has 0 fully saturated rings. The number of benzene rings is 2. The number of hydrogen-bond acceptors (Lipinski definition) is 3. The first-order valence-electron chi connectivity index (χ1n) is 7.93. The van der Waals surface area contributed by atoms with Crippen molar-refractivity contribution in [3.63, 3.8) is 0 Å². The summed E-state index contributed by atoms with van der Waals surface area (Å²) >= 11 is 6.10. The number of aromatic amines is 1. The molecule has 0 saturated carbocycles. The zero-order chi connectivity index (χ0) is 17.6. The van der Waals surface area contributed by atoms with Crippen LogP contribution in [0.15, 0.2) is 47.4 Å². The van der Waals surface area contributed by atoms with Gasteiger partial charge in [-0.25, -0.2) is 8.42 Å². The summed E-state index contributed by atoms with van der Waals surface area (Å²) in [5.41, 5.74) is 3.20. The van der Waals surface area contributed by atoms with Crippen molar-refractivity contribution in [2.24, 2.45) is 0 Å². The number of sulfonamides is 1. The molecule has 1 aliphatic rings. The number of rotatable bonds is 3. The highest BCUT2D eigenvalue weighted by Gasteiger charge is 2.30. The summed E-state index contributed by atoms with van der Waals surface area (Å²) in [5, 5.41) is 1.36. The summed E-state index contributed by atoms with van der Waals surface area (Å²) in [6.45, 7) is 0.789. The number of aromatic nitrogens is 1. The van der Waals surface area contributed by atoms with Crippen LogP contribution in [-0.2, 0) is 23.0 Å². The molecular formula is C18H17ClN2O3S. The predicted molar refractivity (Wildman–Crippen MR) is 97.6 cm³/mol. The first-order valence-corrected chi connectivity index (χ1v) is 9.74. The van der Waals surface area contributed by atoms with Gasteiger partial charge in [0.25, 0.3) is 0 Å². The average molecular weight is 377 g/mol. The Morgan fingerprint density at radius 3 is 2.76 bits per heavy atom. The van der Waals surface area contributed by atoms with Crippen molar-refractivity contribution >= 4 is 32.5 Å². The molecule has 0 atom stereocenters. The molecule has 1 N–H and O–H groups in total. The lowest BCUT2D eigenvalue weighted by molar-refractivity contribution is 0.391. The molecule has 1 aliphatic heterocycles. The number of halogens is 1. The molecule has 0 aliphatic carbocycles. The topological polar surface area (TPSA) is 62.4 Å². The maximum absolute atomic E-state index is 13.0. The van der Waals surface area contributed by atoms with Crippen molar-refractivity contribution in [1.29, 1.82) is 0 Å². The Balaban J connectivity index is 1.71. The first kappa shape index (κ1) is 16.4. The Hall–Kier alpha value is -2.02. The third kappa shape index (κ3) is 2.70. The molecule has 3 aromatic rings. The van der Waals surface area contributed by atoms with Crippen molar-refractivity contribution in [1.82, 2.24) is 9.29 Å². The zero-order valence-electron chi connectivity index (χ0n) is 13.6. The van der Waals surface area contributed by atoms with E-state index in [4.69, 9.17) is 16.3 Å². The standard InChI is InChI=1S/C18H17ClN2O3S/c1-24-18-7-6-12(10-15(18)19)25(22,23)21-9-8-17-14(11-21)13-4-2-3-5-16(13)20-17/h2-7,10,20H,8-9,11H2,1H3. The largest absolute Gasteiger partial charge is 0.495 e. The Morgan fingerprint density at radius 2 is 2.00 bits per heavy atom. The number of nitrogens with zero attached hydrogens (tertiary/aromatic N) is 1. The molecule has 0 amide bonds. The molecule has 25 heavy (non-hydrogen) atoms. The SMILES string of the molecule is COc1ccc(S(=O)(=O)N2CCc3[nH]c4ccccc4c3C2)cc1Cl. The van der Waals surface area contributed by atoms with Crippen LogP contribution >= 0.6 is 11.6 Å². The summed E-state index contributed by atoms with van der Waals surface area (Å²) in [6, 6.07) is 12.5. The van der Waals surface area contributed by atoms with Gasteiger partial charge in [-0.2, -0.15) is 4.31 Å². The minimum Gasteiger partial charge on any atom is -0.495 e. The third-order valence-electron chi connectivity index (χ3n) is 4.61. The fourth-order valence-corrected chi connectivity index (χ4v) is 5.06. The van der Waals surface area contributed by atoms with E-state index in [-0.39, 0.29) is 9.92 Å². The average Bonchev–Trinajstić information content (AvgIpc) is 2.99. The zero-order valence-corrected chi connectivity index (χ0v) is 15.2. The lowest BCUT2D eigenvalue weighted by Crippen LogP contribution is -2.35. The molecule has 1 aromatic heterocycles. The van der Waals surface area contributed by atoms with Crippen molar-refractivity contribution in [3.05, 3.63) is 58.7 Å². The lowest BCUT2D eigenvalue weighted by Gasteiger charge is -2.26. The molecule has 0 unspecified atom stereocenters. The molecule has 130 valence electrons. The maximum Gasteiger partial charge on any atom is 0.243 e. The van der Waals surface area contributed by atoms with Gasteiger partial charge in [-0.15, -0.1) is 0 Å². The number of hydrogen-bond donors (Lipinski definition) is 1. The highest BCUT2D eigenvalue weighted by molar-refractivity contribution is 7.89. The van der Waals surface area contributed by atoms with Crippen LogP contribution in [0.4, 0.5) is 0 Å². The van der Waals surface area contributed by atoms with Crippen molar-refractivity contribution in [2.75, 3.05) is 13.7 Å². The number of methoxy groups -OCH3 is 1. The normalized spacial score (nSPS) is 15.3. The molecule has 0 bridgehead atoms. The van der Waals surface area contributed by atoms with Gasteiger partial charge in [-0.3, -0.25) is 0 Å². The number of nitrogens with one attached hydrogen (secondary N) is 1. The van der Waals surface area contributed by atoms with E-state index in [0.29, 0.717) is 25.3 Å². The smallest absolute Gasteiger partial charge is 0.243 e. The summed E-state index contributed by atoms with van der Waals surface area (Å²) in [6.07, 6.45) is 0.660. The molecule has 4 rings (SSSR count). The van der Waals surface area contributed by atoms with E-state index in [1.165, 1.54) is 23.5 Å². The molecule has 0 radical (unpaired) electrons. The summed E-state index contributed by atoms with van der Waals surface area (Å²) in [4.78, 5) is 3.57. The molecule has 0 spiro atoms. The minimum absolute atomic E-state index is 0.182. The van der Waals surface area contributed by atoms with Crippen molar-refractivity contribution in [3.8, 4) is 5.75 Å². The number of para-hydroxylation sites is 1. The van der Waals surface area contributed by atoms with Gasteiger partial charge in [-0.05, 0) is 29.8 Å². The van der Waals surface area contributed by atoms with Crippen LogP contribution in [0.5, 0.6) is 5.75 Å². The van der Waals surface area contributed by atoms with E-state index in [2.05, 4.69) is 4.98 Å².